The van der Waals surface area contributed by atoms with Gasteiger partial charge in [-0.15, -0.1) is 0 Å². The summed E-state index contributed by atoms with van der Waals surface area (Å²) in [6.45, 7) is 0.476. The second-order valence-corrected chi connectivity index (χ2v) is 5.14. The molecular formula is C14H17F3N2O2. The average molecular weight is 302 g/mol. The molecule has 1 aliphatic rings. The first-order chi connectivity index (χ1) is 9.81. The predicted molar refractivity (Wildman–Crippen MR) is 70.3 cm³/mol. The number of hydrogen-bond acceptors (Lipinski definition) is 3. The molecule has 1 heterocycles. The Morgan fingerprint density at radius 2 is 2.10 bits per heavy atom. The van der Waals surface area contributed by atoms with E-state index in [1.807, 2.05) is 0 Å². The highest BCUT2D eigenvalue weighted by atomic mass is 19.4. The van der Waals surface area contributed by atoms with E-state index < -0.39 is 18.6 Å². The first-order valence-corrected chi connectivity index (χ1v) is 6.71. The number of alkyl halides is 3. The number of amides is 1. The van der Waals surface area contributed by atoms with E-state index in [0.29, 0.717) is 18.5 Å². The molecule has 1 amide bonds. The molecule has 4 nitrogen and oxygen atoms in total. The van der Waals surface area contributed by atoms with Gasteiger partial charge in [0.1, 0.15) is 12.1 Å². The van der Waals surface area contributed by atoms with Crippen LogP contribution in [0, 0.1) is 6.92 Å². The number of rotatable bonds is 4. The molecule has 0 unspecified atom stereocenters. The zero-order valence-electron chi connectivity index (χ0n) is 11.9. The highest BCUT2D eigenvalue weighted by Gasteiger charge is 2.39. The maximum Gasteiger partial charge on any atom is 0.406 e. The second-order valence-electron chi connectivity index (χ2n) is 5.14. The standard InChI is InChI=1S/C14H17F3N2O2/c1-9-6-7-11(12(18-9)21-2)13(20)19(8-14(15,16)17)10-4-3-5-10/h6-7,10H,3-5,8H2,1-2H3. The summed E-state index contributed by atoms with van der Waals surface area (Å²) in [6.07, 6.45) is -2.38. The fourth-order valence-corrected chi connectivity index (χ4v) is 2.26. The van der Waals surface area contributed by atoms with Crippen LogP contribution >= 0.6 is 0 Å². The topological polar surface area (TPSA) is 42.4 Å². The number of hydrogen-bond donors (Lipinski definition) is 0. The molecule has 1 saturated carbocycles. The van der Waals surface area contributed by atoms with Gasteiger partial charge >= 0.3 is 6.18 Å². The molecule has 1 aromatic rings. The SMILES string of the molecule is COc1nc(C)ccc1C(=O)N(CC(F)(F)F)C1CCC1. The van der Waals surface area contributed by atoms with Gasteiger partial charge in [-0.05, 0) is 38.3 Å². The summed E-state index contributed by atoms with van der Waals surface area (Å²) in [5.41, 5.74) is 0.702. The number of ether oxygens (including phenoxy) is 1. The van der Waals surface area contributed by atoms with Crippen molar-refractivity contribution < 1.29 is 22.7 Å². The van der Waals surface area contributed by atoms with E-state index in [2.05, 4.69) is 4.98 Å². The van der Waals surface area contributed by atoms with Gasteiger partial charge in [-0.3, -0.25) is 4.79 Å². The minimum absolute atomic E-state index is 0.0616. The predicted octanol–water partition coefficient (Wildman–Crippen LogP) is 2.96. The molecule has 0 aliphatic heterocycles. The average Bonchev–Trinajstić information content (AvgIpc) is 2.33. The summed E-state index contributed by atoms with van der Waals surface area (Å²) < 4.78 is 43.1. The van der Waals surface area contributed by atoms with Crippen LogP contribution in [0.3, 0.4) is 0 Å². The van der Waals surface area contributed by atoms with Gasteiger partial charge in [0.25, 0.3) is 5.91 Å². The number of halogens is 3. The van der Waals surface area contributed by atoms with E-state index in [1.54, 1.807) is 13.0 Å². The van der Waals surface area contributed by atoms with Gasteiger partial charge in [-0.1, -0.05) is 0 Å². The first-order valence-electron chi connectivity index (χ1n) is 6.71. The number of carbonyl (C=O) groups excluding carboxylic acids is 1. The Morgan fingerprint density at radius 3 is 2.57 bits per heavy atom. The molecule has 21 heavy (non-hydrogen) atoms. The smallest absolute Gasteiger partial charge is 0.406 e. The molecule has 0 atom stereocenters. The molecule has 0 bridgehead atoms. The van der Waals surface area contributed by atoms with Crippen molar-refractivity contribution in [3.8, 4) is 5.88 Å². The third-order valence-corrected chi connectivity index (χ3v) is 3.55. The van der Waals surface area contributed by atoms with Crippen LogP contribution in [0.2, 0.25) is 0 Å². The third kappa shape index (κ3) is 3.65. The Morgan fingerprint density at radius 1 is 1.43 bits per heavy atom. The van der Waals surface area contributed by atoms with E-state index in [0.717, 1.165) is 11.3 Å². The van der Waals surface area contributed by atoms with Crippen LogP contribution in [-0.4, -0.2) is 41.7 Å². The number of carbonyl (C=O) groups is 1. The van der Waals surface area contributed by atoms with Crippen molar-refractivity contribution in [1.29, 1.82) is 0 Å². The van der Waals surface area contributed by atoms with Crippen molar-refractivity contribution in [2.75, 3.05) is 13.7 Å². The van der Waals surface area contributed by atoms with Crippen molar-refractivity contribution in [1.82, 2.24) is 9.88 Å². The number of methoxy groups -OCH3 is 1. The minimum atomic E-state index is -4.42. The van der Waals surface area contributed by atoms with Gasteiger partial charge in [0.15, 0.2) is 0 Å². The lowest BCUT2D eigenvalue weighted by Crippen LogP contribution is -2.48. The maximum absolute atomic E-state index is 12.7. The van der Waals surface area contributed by atoms with E-state index in [1.165, 1.54) is 13.2 Å². The minimum Gasteiger partial charge on any atom is -0.480 e. The van der Waals surface area contributed by atoms with Crippen molar-refractivity contribution in [2.24, 2.45) is 0 Å². The van der Waals surface area contributed by atoms with Crippen LogP contribution in [0.25, 0.3) is 0 Å². The van der Waals surface area contributed by atoms with Crippen LogP contribution in [0.4, 0.5) is 13.2 Å². The highest BCUT2D eigenvalue weighted by molar-refractivity contribution is 5.96. The lowest BCUT2D eigenvalue weighted by atomic mass is 9.91. The molecule has 0 aromatic carbocycles. The van der Waals surface area contributed by atoms with Gasteiger partial charge in [0.2, 0.25) is 5.88 Å². The van der Waals surface area contributed by atoms with Crippen molar-refractivity contribution in [3.05, 3.63) is 23.4 Å². The number of pyridine rings is 1. The zero-order chi connectivity index (χ0) is 15.6. The quantitative estimate of drug-likeness (QED) is 0.859. The van der Waals surface area contributed by atoms with Gasteiger partial charge in [-0.25, -0.2) is 4.98 Å². The van der Waals surface area contributed by atoms with Crippen molar-refractivity contribution >= 4 is 5.91 Å². The molecule has 0 radical (unpaired) electrons. The van der Waals surface area contributed by atoms with Gasteiger partial charge < -0.3 is 9.64 Å². The lowest BCUT2D eigenvalue weighted by molar-refractivity contribution is -0.147. The zero-order valence-corrected chi connectivity index (χ0v) is 11.9. The van der Waals surface area contributed by atoms with Gasteiger partial charge in [0.05, 0.1) is 7.11 Å². The van der Waals surface area contributed by atoms with E-state index in [4.69, 9.17) is 4.74 Å². The van der Waals surface area contributed by atoms with Gasteiger partial charge in [-0.2, -0.15) is 13.2 Å². The molecule has 1 fully saturated rings. The second kappa shape index (κ2) is 5.91. The normalized spacial score (nSPS) is 15.5. The molecule has 0 N–H and O–H groups in total. The fourth-order valence-electron chi connectivity index (χ4n) is 2.26. The fraction of sp³-hybridized carbons (Fsp3) is 0.571. The molecule has 116 valence electrons. The highest BCUT2D eigenvalue weighted by Crippen LogP contribution is 2.31. The van der Waals surface area contributed by atoms with Gasteiger partial charge in [0, 0.05) is 11.7 Å². The molecule has 0 spiro atoms. The summed E-state index contributed by atoms with van der Waals surface area (Å²) in [6, 6.07) is 2.69. The molecule has 0 saturated heterocycles. The van der Waals surface area contributed by atoms with E-state index >= 15 is 0 Å². The Balaban J connectivity index is 2.29. The Hall–Kier alpha value is -1.79. The van der Waals surface area contributed by atoms with Crippen molar-refractivity contribution in [2.45, 2.75) is 38.4 Å². The lowest BCUT2D eigenvalue weighted by Gasteiger charge is -2.38. The number of nitrogens with zero attached hydrogens (tertiary/aromatic N) is 2. The summed E-state index contributed by atoms with van der Waals surface area (Å²) in [7, 11) is 1.34. The largest absolute Gasteiger partial charge is 0.480 e. The Labute approximate surface area is 120 Å². The maximum atomic E-state index is 12.7. The van der Waals surface area contributed by atoms with E-state index in [9.17, 15) is 18.0 Å². The summed E-state index contributed by atoms with van der Waals surface area (Å²) in [4.78, 5) is 17.4. The summed E-state index contributed by atoms with van der Waals surface area (Å²) in [5, 5.41) is 0. The van der Waals surface area contributed by atoms with Crippen LogP contribution < -0.4 is 4.74 Å². The molecule has 2 rings (SSSR count). The molecule has 1 aromatic heterocycles. The first kappa shape index (κ1) is 15.6. The van der Waals surface area contributed by atoms with Crippen LogP contribution in [0.15, 0.2) is 12.1 Å². The number of aromatic nitrogens is 1. The summed E-state index contributed by atoms with van der Waals surface area (Å²) >= 11 is 0. The Bertz CT molecular complexity index is 527. The number of aryl methyl sites for hydroxylation is 1. The third-order valence-electron chi connectivity index (χ3n) is 3.55. The Kier molecular flexibility index (Phi) is 4.39. The van der Waals surface area contributed by atoms with Crippen LogP contribution in [0.5, 0.6) is 5.88 Å². The monoisotopic (exact) mass is 302 g/mol. The summed E-state index contributed by atoms with van der Waals surface area (Å²) in [5.74, 6) is -0.618. The van der Waals surface area contributed by atoms with Crippen molar-refractivity contribution in [3.63, 3.8) is 0 Å². The van der Waals surface area contributed by atoms with Crippen LogP contribution in [0.1, 0.15) is 35.3 Å². The van der Waals surface area contributed by atoms with E-state index in [-0.39, 0.29) is 17.5 Å². The molecule has 1 aliphatic carbocycles. The molecule has 7 heteroatoms. The van der Waals surface area contributed by atoms with Crippen LogP contribution in [-0.2, 0) is 0 Å². The molecular weight excluding hydrogens is 285 g/mol.